The van der Waals surface area contributed by atoms with Gasteiger partial charge in [-0.05, 0) is 17.2 Å². The summed E-state index contributed by atoms with van der Waals surface area (Å²) < 4.78 is 11.3. The monoisotopic (exact) mass is 491 g/mol. The van der Waals surface area contributed by atoms with Crippen LogP contribution in [0.15, 0.2) is 72.9 Å². The largest absolute Gasteiger partial charge is 0.473 e. The summed E-state index contributed by atoms with van der Waals surface area (Å²) >= 11 is 6.43. The van der Waals surface area contributed by atoms with Gasteiger partial charge >= 0.3 is 0 Å². The molecule has 3 heterocycles. The van der Waals surface area contributed by atoms with Crippen molar-refractivity contribution in [2.45, 2.75) is 25.0 Å². The van der Waals surface area contributed by atoms with Gasteiger partial charge in [-0.1, -0.05) is 72.3 Å². The smallest absolute Gasteiger partial charge is 0.255 e. The number of hydrogen-bond acceptors (Lipinski definition) is 5. The number of aromatic nitrogens is 1. The van der Waals surface area contributed by atoms with Crippen molar-refractivity contribution >= 4 is 17.5 Å². The van der Waals surface area contributed by atoms with Gasteiger partial charge in [0.2, 0.25) is 5.88 Å². The second-order valence-corrected chi connectivity index (χ2v) is 9.40. The molecule has 2 saturated heterocycles. The van der Waals surface area contributed by atoms with Crippen molar-refractivity contribution in [3.8, 4) is 5.88 Å². The van der Waals surface area contributed by atoms with Crippen molar-refractivity contribution in [1.82, 2.24) is 14.8 Å². The maximum Gasteiger partial charge on any atom is 0.255 e. The molecule has 3 aromatic rings. The third-order valence-electron chi connectivity index (χ3n) is 6.70. The molecule has 0 unspecified atom stereocenters. The molecule has 1 aromatic heterocycles. The Balaban J connectivity index is 1.25. The van der Waals surface area contributed by atoms with Crippen LogP contribution in [0.1, 0.15) is 40.4 Å². The Hall–Kier alpha value is -2.93. The fourth-order valence-electron chi connectivity index (χ4n) is 4.83. The van der Waals surface area contributed by atoms with Crippen molar-refractivity contribution < 1.29 is 14.3 Å². The maximum absolute atomic E-state index is 13.2. The van der Waals surface area contributed by atoms with E-state index in [4.69, 9.17) is 21.1 Å². The number of piperazine rings is 1. The molecule has 0 aliphatic carbocycles. The van der Waals surface area contributed by atoms with Crippen LogP contribution < -0.4 is 4.74 Å². The van der Waals surface area contributed by atoms with Gasteiger partial charge in [0, 0.05) is 45.2 Å². The molecule has 5 rings (SSSR count). The number of nitrogens with zero attached hydrogens (tertiary/aromatic N) is 3. The number of pyridine rings is 1. The van der Waals surface area contributed by atoms with Crippen LogP contribution in [0.3, 0.4) is 0 Å². The predicted molar refractivity (Wildman–Crippen MR) is 136 cm³/mol. The van der Waals surface area contributed by atoms with Gasteiger partial charge in [-0.3, -0.25) is 9.69 Å². The van der Waals surface area contributed by atoms with Gasteiger partial charge < -0.3 is 14.4 Å². The van der Waals surface area contributed by atoms with Gasteiger partial charge in [-0.25, -0.2) is 4.98 Å². The lowest BCUT2D eigenvalue weighted by atomic mass is 9.96. The first-order valence-electron chi connectivity index (χ1n) is 12.2. The lowest BCUT2D eigenvalue weighted by molar-refractivity contribution is 0.0237. The number of rotatable bonds is 6. The summed E-state index contributed by atoms with van der Waals surface area (Å²) in [6.45, 7) is 4.22. The van der Waals surface area contributed by atoms with Crippen molar-refractivity contribution in [3.05, 3.63) is 94.6 Å². The Morgan fingerprint density at radius 2 is 1.54 bits per heavy atom. The van der Waals surface area contributed by atoms with Crippen LogP contribution in [0.4, 0.5) is 0 Å². The van der Waals surface area contributed by atoms with E-state index in [1.165, 1.54) is 11.1 Å². The fraction of sp³-hybridized carbons (Fsp3) is 0.357. The molecule has 182 valence electrons. The summed E-state index contributed by atoms with van der Waals surface area (Å²) in [6.07, 6.45) is 3.25. The van der Waals surface area contributed by atoms with Crippen LogP contribution >= 0.6 is 11.6 Å². The average Bonchev–Trinajstić information content (AvgIpc) is 2.92. The molecular formula is C28H30ClN3O3. The van der Waals surface area contributed by atoms with Crippen LogP contribution in [-0.4, -0.2) is 66.2 Å². The standard InChI is InChI=1S/C28H30ClN3O3/c29-25-19-23(20-30-27(25)35-24-11-17-34-18-12-24)28(33)32-15-13-31(14-16-32)26(21-7-3-1-4-8-21)22-9-5-2-6-10-22/h1-10,19-20,24,26H,11-18H2. The normalized spacial score (nSPS) is 17.5. The van der Waals surface area contributed by atoms with Gasteiger partial charge in [0.15, 0.2) is 0 Å². The van der Waals surface area contributed by atoms with E-state index in [-0.39, 0.29) is 18.1 Å². The Labute approximate surface area is 211 Å². The number of benzene rings is 2. The predicted octanol–water partition coefficient (Wildman–Crippen LogP) is 4.84. The summed E-state index contributed by atoms with van der Waals surface area (Å²) in [5, 5.41) is 0.370. The first kappa shape index (κ1) is 23.8. The summed E-state index contributed by atoms with van der Waals surface area (Å²) in [7, 11) is 0. The molecule has 35 heavy (non-hydrogen) atoms. The Kier molecular flexibility index (Phi) is 7.62. The van der Waals surface area contributed by atoms with E-state index in [2.05, 4.69) is 58.4 Å². The van der Waals surface area contributed by atoms with Crippen LogP contribution in [-0.2, 0) is 4.74 Å². The van der Waals surface area contributed by atoms with E-state index in [1.807, 2.05) is 17.0 Å². The summed E-state index contributed by atoms with van der Waals surface area (Å²) in [5.41, 5.74) is 3.01. The zero-order valence-electron chi connectivity index (χ0n) is 19.7. The molecule has 2 aromatic carbocycles. The third kappa shape index (κ3) is 5.67. The number of carbonyl (C=O) groups is 1. The van der Waals surface area contributed by atoms with E-state index in [0.717, 1.165) is 25.9 Å². The third-order valence-corrected chi connectivity index (χ3v) is 6.97. The molecule has 0 bridgehead atoms. The molecule has 2 aliphatic heterocycles. The van der Waals surface area contributed by atoms with Crippen LogP contribution in [0.2, 0.25) is 5.02 Å². The molecular weight excluding hydrogens is 462 g/mol. The lowest BCUT2D eigenvalue weighted by Crippen LogP contribution is -2.49. The molecule has 0 radical (unpaired) electrons. The molecule has 0 atom stereocenters. The first-order valence-corrected chi connectivity index (χ1v) is 12.6. The SMILES string of the molecule is O=C(c1cnc(OC2CCOCC2)c(Cl)c1)N1CCN(C(c2ccccc2)c2ccccc2)CC1. The fourth-order valence-corrected chi connectivity index (χ4v) is 5.04. The Morgan fingerprint density at radius 1 is 0.943 bits per heavy atom. The first-order chi connectivity index (χ1) is 17.2. The number of halogens is 1. The highest BCUT2D eigenvalue weighted by Gasteiger charge is 2.29. The highest BCUT2D eigenvalue weighted by Crippen LogP contribution is 2.30. The van der Waals surface area contributed by atoms with Gasteiger partial charge in [0.05, 0.1) is 24.8 Å². The van der Waals surface area contributed by atoms with Crippen molar-refractivity contribution in [3.63, 3.8) is 0 Å². The van der Waals surface area contributed by atoms with Crippen LogP contribution in [0.25, 0.3) is 0 Å². The highest BCUT2D eigenvalue weighted by molar-refractivity contribution is 6.32. The summed E-state index contributed by atoms with van der Waals surface area (Å²) in [4.78, 5) is 21.9. The summed E-state index contributed by atoms with van der Waals surface area (Å²) in [6, 6.07) is 22.9. The minimum atomic E-state index is -0.0485. The number of carbonyl (C=O) groups excluding carboxylic acids is 1. The molecule has 6 nitrogen and oxygen atoms in total. The minimum absolute atomic E-state index is 0.0468. The second kappa shape index (κ2) is 11.2. The van der Waals surface area contributed by atoms with Gasteiger partial charge in [0.25, 0.3) is 5.91 Å². The topological polar surface area (TPSA) is 54.9 Å². The lowest BCUT2D eigenvalue weighted by Gasteiger charge is -2.39. The Morgan fingerprint density at radius 3 is 2.11 bits per heavy atom. The molecule has 0 spiro atoms. The molecule has 0 N–H and O–H groups in total. The molecule has 1 amide bonds. The molecule has 0 saturated carbocycles. The quantitative estimate of drug-likeness (QED) is 0.494. The van der Waals surface area contributed by atoms with E-state index in [9.17, 15) is 4.79 Å². The van der Waals surface area contributed by atoms with E-state index >= 15 is 0 Å². The molecule has 7 heteroatoms. The van der Waals surface area contributed by atoms with Crippen LogP contribution in [0, 0.1) is 0 Å². The molecule has 2 aliphatic rings. The zero-order valence-corrected chi connectivity index (χ0v) is 20.4. The van der Waals surface area contributed by atoms with Crippen LogP contribution in [0.5, 0.6) is 5.88 Å². The maximum atomic E-state index is 13.2. The van der Waals surface area contributed by atoms with E-state index < -0.39 is 0 Å². The Bertz CT molecular complexity index is 1080. The number of hydrogen-bond donors (Lipinski definition) is 0. The zero-order chi connectivity index (χ0) is 24.0. The number of ether oxygens (including phenoxy) is 2. The van der Waals surface area contributed by atoms with Gasteiger partial charge in [-0.15, -0.1) is 0 Å². The van der Waals surface area contributed by atoms with E-state index in [1.54, 1.807) is 12.3 Å². The van der Waals surface area contributed by atoms with Crippen molar-refractivity contribution in [1.29, 1.82) is 0 Å². The van der Waals surface area contributed by atoms with Gasteiger partial charge in [-0.2, -0.15) is 0 Å². The van der Waals surface area contributed by atoms with Crippen molar-refractivity contribution in [2.75, 3.05) is 39.4 Å². The molecule has 2 fully saturated rings. The van der Waals surface area contributed by atoms with E-state index in [0.29, 0.717) is 42.8 Å². The highest BCUT2D eigenvalue weighted by atomic mass is 35.5. The minimum Gasteiger partial charge on any atom is -0.473 e. The average molecular weight is 492 g/mol. The number of amides is 1. The summed E-state index contributed by atoms with van der Waals surface area (Å²) in [5.74, 6) is 0.334. The van der Waals surface area contributed by atoms with Crippen molar-refractivity contribution in [2.24, 2.45) is 0 Å². The van der Waals surface area contributed by atoms with Gasteiger partial charge in [0.1, 0.15) is 11.1 Å². The second-order valence-electron chi connectivity index (χ2n) is 8.99.